The highest BCUT2D eigenvalue weighted by atomic mass is 19.1. The van der Waals surface area contributed by atoms with Crippen molar-refractivity contribution in [2.24, 2.45) is 10.7 Å². The van der Waals surface area contributed by atoms with Gasteiger partial charge in [0.05, 0.1) is 0 Å². The summed E-state index contributed by atoms with van der Waals surface area (Å²) in [4.78, 5) is 4.47. The van der Waals surface area contributed by atoms with Gasteiger partial charge in [-0.15, -0.1) is 0 Å². The largest absolute Gasteiger partial charge is 0.491 e. The van der Waals surface area contributed by atoms with E-state index in [9.17, 15) is 4.39 Å². The Hall–Kier alpha value is -1.78. The molecule has 2 aliphatic rings. The van der Waals surface area contributed by atoms with Crippen LogP contribution in [0.25, 0.3) is 0 Å². The first kappa shape index (κ1) is 14.2. The summed E-state index contributed by atoms with van der Waals surface area (Å²) in [5.74, 6) is 0.870. The summed E-state index contributed by atoms with van der Waals surface area (Å²) in [6.07, 6.45) is 7.37. The number of aliphatic imine (C=N–C) groups is 1. The second-order valence-electron chi connectivity index (χ2n) is 5.86. The van der Waals surface area contributed by atoms with Gasteiger partial charge in [0.1, 0.15) is 24.2 Å². The SMILES string of the molecule is NC(=NC1COc2ccc(F)cc21)NC1CCCCCC1. The maximum Gasteiger partial charge on any atom is 0.189 e. The predicted molar refractivity (Wildman–Crippen MR) is 80.9 cm³/mol. The summed E-state index contributed by atoms with van der Waals surface area (Å²) in [5, 5.41) is 3.31. The molecule has 1 atom stereocenters. The van der Waals surface area contributed by atoms with E-state index in [1.807, 2.05) is 0 Å². The van der Waals surface area contributed by atoms with E-state index in [-0.39, 0.29) is 11.9 Å². The number of nitrogens with zero attached hydrogens (tertiary/aromatic N) is 1. The lowest BCUT2D eigenvalue weighted by Crippen LogP contribution is -2.40. The quantitative estimate of drug-likeness (QED) is 0.500. The molecule has 0 bridgehead atoms. The molecule has 0 aromatic heterocycles. The lowest BCUT2D eigenvalue weighted by atomic mass is 10.1. The van der Waals surface area contributed by atoms with Crippen LogP contribution in [0.1, 0.15) is 50.1 Å². The van der Waals surface area contributed by atoms with Crippen LogP contribution in [-0.2, 0) is 0 Å². The van der Waals surface area contributed by atoms with Crippen LogP contribution in [0.3, 0.4) is 0 Å². The van der Waals surface area contributed by atoms with Crippen LogP contribution in [0.5, 0.6) is 5.75 Å². The maximum absolute atomic E-state index is 13.3. The third-order valence-electron chi connectivity index (χ3n) is 4.23. The average molecular weight is 291 g/mol. The molecule has 4 nitrogen and oxygen atoms in total. The molecule has 3 N–H and O–H groups in total. The zero-order valence-electron chi connectivity index (χ0n) is 12.1. The maximum atomic E-state index is 13.3. The minimum atomic E-state index is -0.269. The van der Waals surface area contributed by atoms with Gasteiger partial charge in [-0.25, -0.2) is 9.38 Å². The van der Waals surface area contributed by atoms with E-state index in [1.54, 1.807) is 6.07 Å². The van der Waals surface area contributed by atoms with Gasteiger partial charge in [0.25, 0.3) is 0 Å². The number of ether oxygens (including phenoxy) is 1. The standard InChI is InChI=1S/C16H22FN3O/c17-11-7-8-15-13(9-11)14(10-21-15)20-16(18)19-12-5-3-1-2-4-6-12/h7-9,12,14H,1-6,10H2,(H3,18,19,20). The van der Waals surface area contributed by atoms with Crippen LogP contribution in [0.2, 0.25) is 0 Å². The van der Waals surface area contributed by atoms with Gasteiger partial charge in [-0.3, -0.25) is 0 Å². The number of halogens is 1. The van der Waals surface area contributed by atoms with Crippen LogP contribution in [-0.4, -0.2) is 18.6 Å². The molecule has 0 radical (unpaired) electrons. The normalized spacial score (nSPS) is 23.3. The summed E-state index contributed by atoms with van der Waals surface area (Å²) in [6.45, 7) is 0.422. The van der Waals surface area contributed by atoms with Crippen molar-refractivity contribution in [1.82, 2.24) is 5.32 Å². The van der Waals surface area contributed by atoms with Crippen molar-refractivity contribution in [1.29, 1.82) is 0 Å². The molecule has 1 aromatic carbocycles. The molecule has 0 amide bonds. The van der Waals surface area contributed by atoms with Gasteiger partial charge in [0, 0.05) is 11.6 Å². The van der Waals surface area contributed by atoms with Gasteiger partial charge < -0.3 is 15.8 Å². The van der Waals surface area contributed by atoms with Crippen molar-refractivity contribution in [3.8, 4) is 5.75 Å². The summed E-state index contributed by atoms with van der Waals surface area (Å²) >= 11 is 0. The van der Waals surface area contributed by atoms with Crippen molar-refractivity contribution in [2.75, 3.05) is 6.61 Å². The second-order valence-corrected chi connectivity index (χ2v) is 5.86. The van der Waals surface area contributed by atoms with Gasteiger partial charge in [-0.1, -0.05) is 25.7 Å². The van der Waals surface area contributed by atoms with Crippen LogP contribution in [0.4, 0.5) is 4.39 Å². The molecule has 21 heavy (non-hydrogen) atoms. The Kier molecular flexibility index (Phi) is 4.27. The highest BCUT2D eigenvalue weighted by molar-refractivity contribution is 5.78. The zero-order valence-corrected chi connectivity index (χ0v) is 12.1. The number of hydrogen-bond donors (Lipinski definition) is 2. The van der Waals surface area contributed by atoms with Crippen molar-refractivity contribution in [2.45, 2.75) is 50.6 Å². The van der Waals surface area contributed by atoms with E-state index < -0.39 is 0 Å². The van der Waals surface area contributed by atoms with E-state index in [4.69, 9.17) is 10.5 Å². The third kappa shape index (κ3) is 3.46. The van der Waals surface area contributed by atoms with Crippen molar-refractivity contribution < 1.29 is 9.13 Å². The number of fused-ring (bicyclic) bond motifs is 1. The van der Waals surface area contributed by atoms with E-state index in [2.05, 4.69) is 10.3 Å². The average Bonchev–Trinajstić information content (AvgIpc) is 2.68. The third-order valence-corrected chi connectivity index (χ3v) is 4.23. The van der Waals surface area contributed by atoms with Gasteiger partial charge in [0.2, 0.25) is 0 Å². The molecule has 1 unspecified atom stereocenters. The minimum Gasteiger partial charge on any atom is -0.491 e. The van der Waals surface area contributed by atoms with Crippen molar-refractivity contribution in [3.05, 3.63) is 29.6 Å². The molecule has 1 aliphatic heterocycles. The molecule has 0 saturated heterocycles. The Morgan fingerprint density at radius 3 is 2.76 bits per heavy atom. The summed E-state index contributed by atoms with van der Waals surface area (Å²) in [5.41, 5.74) is 6.80. The Bertz CT molecular complexity index is 524. The number of nitrogens with two attached hydrogens (primary N) is 1. The van der Waals surface area contributed by atoms with Gasteiger partial charge >= 0.3 is 0 Å². The molecule has 0 spiro atoms. The Labute approximate surface area is 124 Å². The number of guanidine groups is 1. The topological polar surface area (TPSA) is 59.6 Å². The van der Waals surface area contributed by atoms with E-state index in [1.165, 1.54) is 37.8 Å². The molecule has 5 heteroatoms. The molecule has 3 rings (SSSR count). The van der Waals surface area contributed by atoms with Gasteiger partial charge in [-0.05, 0) is 31.0 Å². The summed E-state index contributed by atoms with van der Waals surface area (Å²) in [7, 11) is 0. The monoisotopic (exact) mass is 291 g/mol. The first-order chi connectivity index (χ1) is 10.2. The highest BCUT2D eigenvalue weighted by Crippen LogP contribution is 2.34. The Morgan fingerprint density at radius 1 is 1.24 bits per heavy atom. The molecule has 114 valence electrons. The van der Waals surface area contributed by atoms with Gasteiger partial charge in [0.15, 0.2) is 5.96 Å². The molecule has 1 saturated carbocycles. The molecular formula is C16H22FN3O. The van der Waals surface area contributed by atoms with E-state index in [0.29, 0.717) is 24.4 Å². The Balaban J connectivity index is 1.66. The van der Waals surface area contributed by atoms with E-state index in [0.717, 1.165) is 18.4 Å². The second kappa shape index (κ2) is 6.33. The molecule has 1 aliphatic carbocycles. The fourth-order valence-electron chi connectivity index (χ4n) is 3.11. The Morgan fingerprint density at radius 2 is 2.00 bits per heavy atom. The number of rotatable bonds is 2. The zero-order chi connectivity index (χ0) is 14.7. The lowest BCUT2D eigenvalue weighted by molar-refractivity contribution is 0.333. The molecule has 1 heterocycles. The first-order valence-electron chi connectivity index (χ1n) is 7.74. The van der Waals surface area contributed by atoms with Gasteiger partial charge in [-0.2, -0.15) is 0 Å². The molecular weight excluding hydrogens is 269 g/mol. The van der Waals surface area contributed by atoms with Crippen LogP contribution < -0.4 is 15.8 Å². The fourth-order valence-corrected chi connectivity index (χ4v) is 3.11. The molecule has 1 aromatic rings. The van der Waals surface area contributed by atoms with E-state index >= 15 is 0 Å². The van der Waals surface area contributed by atoms with Crippen molar-refractivity contribution >= 4 is 5.96 Å². The van der Waals surface area contributed by atoms with Crippen LogP contribution >= 0.6 is 0 Å². The number of benzene rings is 1. The number of hydrogen-bond acceptors (Lipinski definition) is 2. The number of nitrogens with one attached hydrogen (secondary N) is 1. The van der Waals surface area contributed by atoms with Crippen molar-refractivity contribution in [3.63, 3.8) is 0 Å². The lowest BCUT2D eigenvalue weighted by Gasteiger charge is -2.17. The highest BCUT2D eigenvalue weighted by Gasteiger charge is 2.24. The fraction of sp³-hybridized carbons (Fsp3) is 0.562. The first-order valence-corrected chi connectivity index (χ1v) is 7.74. The molecule has 1 fully saturated rings. The van der Waals surface area contributed by atoms with Crippen LogP contribution in [0.15, 0.2) is 23.2 Å². The minimum absolute atomic E-state index is 0.214. The summed E-state index contributed by atoms with van der Waals surface area (Å²) in [6, 6.07) is 4.72. The smallest absolute Gasteiger partial charge is 0.189 e. The summed E-state index contributed by atoms with van der Waals surface area (Å²) < 4.78 is 18.9. The predicted octanol–water partition coefficient (Wildman–Crippen LogP) is 2.89. The van der Waals surface area contributed by atoms with Crippen LogP contribution in [0, 0.1) is 5.82 Å².